The number of piperidine rings is 1. The summed E-state index contributed by atoms with van der Waals surface area (Å²) in [5, 5.41) is 3.09. The number of methoxy groups -OCH3 is 2. The molecule has 0 spiro atoms. The third-order valence-electron chi connectivity index (χ3n) is 4.46. The Hall–Kier alpha value is -1.22. The Morgan fingerprint density at radius 1 is 1.28 bits per heavy atom. The maximum absolute atomic E-state index is 5.99. The molecule has 25 heavy (non-hydrogen) atoms. The van der Waals surface area contributed by atoms with Gasteiger partial charge in [-0.2, -0.15) is 0 Å². The van der Waals surface area contributed by atoms with Gasteiger partial charge in [-0.25, -0.2) is 0 Å². The van der Waals surface area contributed by atoms with E-state index in [1.54, 1.807) is 14.2 Å². The number of nitrogens with two attached hydrogens (primary N) is 1. The summed E-state index contributed by atoms with van der Waals surface area (Å²) in [6, 6.07) is 5.53. The molecule has 2 rings (SSSR count). The van der Waals surface area contributed by atoms with E-state index in [0.717, 1.165) is 36.9 Å². The standard InChI is InChI=1S/C18H30N4O2.HI/c1-14-7-11-22(12-8-14)10-4-9-20-18(19)21-16-13-15(23-2)5-6-17(16)24-3;/h5-6,13-14H,4,7-12H2,1-3H3,(H3,19,20,21);1H. The van der Waals surface area contributed by atoms with Crippen LogP contribution in [0.25, 0.3) is 0 Å². The van der Waals surface area contributed by atoms with Crippen LogP contribution in [0.15, 0.2) is 23.2 Å². The smallest absolute Gasteiger partial charge is 0.193 e. The molecule has 1 aliphatic heterocycles. The fourth-order valence-electron chi connectivity index (χ4n) is 2.87. The molecule has 1 saturated heterocycles. The first-order valence-electron chi connectivity index (χ1n) is 8.63. The van der Waals surface area contributed by atoms with Crippen molar-refractivity contribution in [2.75, 3.05) is 45.7 Å². The molecule has 1 aliphatic rings. The molecule has 3 N–H and O–H groups in total. The Labute approximate surface area is 168 Å². The first kappa shape index (κ1) is 21.8. The predicted molar refractivity (Wildman–Crippen MR) is 115 cm³/mol. The molecule has 0 bridgehead atoms. The van der Waals surface area contributed by atoms with Gasteiger partial charge in [-0.15, -0.1) is 24.0 Å². The van der Waals surface area contributed by atoms with Crippen molar-refractivity contribution < 1.29 is 9.47 Å². The maximum Gasteiger partial charge on any atom is 0.193 e. The van der Waals surface area contributed by atoms with E-state index >= 15 is 0 Å². The number of guanidine groups is 1. The zero-order valence-corrected chi connectivity index (χ0v) is 17.8. The second kappa shape index (κ2) is 11.4. The van der Waals surface area contributed by atoms with Crippen LogP contribution in [0.4, 0.5) is 5.69 Å². The zero-order chi connectivity index (χ0) is 17.4. The van der Waals surface area contributed by atoms with E-state index in [0.29, 0.717) is 11.7 Å². The number of hydrogen-bond acceptors (Lipinski definition) is 4. The largest absolute Gasteiger partial charge is 0.497 e. The van der Waals surface area contributed by atoms with E-state index in [-0.39, 0.29) is 24.0 Å². The highest BCUT2D eigenvalue weighted by Gasteiger charge is 2.14. The van der Waals surface area contributed by atoms with Crippen molar-refractivity contribution in [1.82, 2.24) is 4.90 Å². The van der Waals surface area contributed by atoms with Crippen LogP contribution in [0.1, 0.15) is 26.2 Å². The second-order valence-electron chi connectivity index (χ2n) is 6.34. The number of nitrogens with zero attached hydrogens (tertiary/aromatic N) is 2. The molecule has 0 atom stereocenters. The van der Waals surface area contributed by atoms with Gasteiger partial charge in [-0.3, -0.25) is 4.99 Å². The Kier molecular flexibility index (Phi) is 9.96. The normalized spacial score (nSPS) is 16.2. The highest BCUT2D eigenvalue weighted by Crippen LogP contribution is 2.28. The van der Waals surface area contributed by atoms with Crippen LogP contribution in [-0.2, 0) is 0 Å². The number of likely N-dealkylation sites (tertiary alicyclic amines) is 1. The molecular weight excluding hydrogens is 431 g/mol. The summed E-state index contributed by atoms with van der Waals surface area (Å²) in [5.41, 5.74) is 6.74. The van der Waals surface area contributed by atoms with Crippen molar-refractivity contribution in [3.05, 3.63) is 18.2 Å². The highest BCUT2D eigenvalue weighted by atomic mass is 127. The third kappa shape index (κ3) is 7.27. The fourth-order valence-corrected chi connectivity index (χ4v) is 2.87. The van der Waals surface area contributed by atoms with Gasteiger partial charge in [-0.1, -0.05) is 6.92 Å². The van der Waals surface area contributed by atoms with Crippen LogP contribution in [0, 0.1) is 5.92 Å². The molecule has 142 valence electrons. The van der Waals surface area contributed by atoms with E-state index < -0.39 is 0 Å². The van der Waals surface area contributed by atoms with Crippen molar-refractivity contribution >= 4 is 35.6 Å². The van der Waals surface area contributed by atoms with Crippen molar-refractivity contribution in [1.29, 1.82) is 0 Å². The Balaban J connectivity index is 0.00000312. The van der Waals surface area contributed by atoms with Crippen molar-refractivity contribution in [3.63, 3.8) is 0 Å². The van der Waals surface area contributed by atoms with Gasteiger partial charge in [0.25, 0.3) is 0 Å². The van der Waals surface area contributed by atoms with E-state index in [1.807, 2.05) is 18.2 Å². The number of ether oxygens (including phenoxy) is 2. The molecule has 1 fully saturated rings. The van der Waals surface area contributed by atoms with Gasteiger partial charge >= 0.3 is 0 Å². The topological polar surface area (TPSA) is 72.1 Å². The molecule has 1 heterocycles. The summed E-state index contributed by atoms with van der Waals surface area (Å²) in [6.45, 7) is 6.56. The molecule has 0 aliphatic carbocycles. The van der Waals surface area contributed by atoms with E-state index in [9.17, 15) is 0 Å². The monoisotopic (exact) mass is 462 g/mol. The minimum atomic E-state index is 0. The van der Waals surface area contributed by atoms with Gasteiger partial charge in [0, 0.05) is 12.6 Å². The Morgan fingerprint density at radius 3 is 2.64 bits per heavy atom. The van der Waals surface area contributed by atoms with Gasteiger partial charge < -0.3 is 25.4 Å². The SMILES string of the molecule is COc1ccc(OC)c(NC(N)=NCCCN2CCC(C)CC2)c1.I. The Bertz CT molecular complexity index is 546. The fraction of sp³-hybridized carbons (Fsp3) is 0.611. The van der Waals surface area contributed by atoms with Crippen molar-refractivity contribution in [2.24, 2.45) is 16.6 Å². The van der Waals surface area contributed by atoms with Crippen LogP contribution in [0.3, 0.4) is 0 Å². The molecule has 0 aromatic heterocycles. The lowest BCUT2D eigenvalue weighted by Gasteiger charge is -2.29. The number of nitrogens with one attached hydrogen (secondary N) is 1. The van der Waals surface area contributed by atoms with Gasteiger partial charge in [0.2, 0.25) is 0 Å². The molecule has 0 unspecified atom stereocenters. The van der Waals surface area contributed by atoms with Crippen LogP contribution >= 0.6 is 24.0 Å². The molecule has 6 nitrogen and oxygen atoms in total. The predicted octanol–water partition coefficient (Wildman–Crippen LogP) is 3.17. The number of anilines is 1. The van der Waals surface area contributed by atoms with Gasteiger partial charge in [0.1, 0.15) is 11.5 Å². The molecular formula is C18H31IN4O2. The molecule has 0 amide bonds. The van der Waals surface area contributed by atoms with E-state index in [2.05, 4.69) is 22.1 Å². The van der Waals surface area contributed by atoms with E-state index in [1.165, 1.54) is 25.9 Å². The lowest BCUT2D eigenvalue weighted by Crippen LogP contribution is -2.34. The molecule has 0 saturated carbocycles. The first-order valence-corrected chi connectivity index (χ1v) is 8.63. The number of aliphatic imine (C=N–C) groups is 1. The zero-order valence-electron chi connectivity index (χ0n) is 15.5. The van der Waals surface area contributed by atoms with Crippen molar-refractivity contribution in [2.45, 2.75) is 26.2 Å². The molecule has 1 aromatic carbocycles. The molecule has 0 radical (unpaired) electrons. The van der Waals surface area contributed by atoms with Gasteiger partial charge in [-0.05, 0) is 56.9 Å². The van der Waals surface area contributed by atoms with Crippen LogP contribution in [0.2, 0.25) is 0 Å². The van der Waals surface area contributed by atoms with Crippen molar-refractivity contribution in [3.8, 4) is 11.5 Å². The summed E-state index contributed by atoms with van der Waals surface area (Å²) in [5.74, 6) is 2.72. The van der Waals surface area contributed by atoms with Crippen LogP contribution in [-0.4, -0.2) is 51.3 Å². The quantitative estimate of drug-likeness (QED) is 0.282. The number of halogens is 1. The number of hydrogen-bond donors (Lipinski definition) is 2. The van der Waals surface area contributed by atoms with Gasteiger partial charge in [0.15, 0.2) is 5.96 Å². The lowest BCUT2D eigenvalue weighted by molar-refractivity contribution is 0.192. The average molecular weight is 462 g/mol. The second-order valence-corrected chi connectivity index (χ2v) is 6.34. The number of benzene rings is 1. The van der Waals surface area contributed by atoms with Crippen LogP contribution in [0.5, 0.6) is 11.5 Å². The Morgan fingerprint density at radius 2 is 2.00 bits per heavy atom. The summed E-state index contributed by atoms with van der Waals surface area (Å²) < 4.78 is 10.6. The average Bonchev–Trinajstić information content (AvgIpc) is 2.60. The first-order chi connectivity index (χ1) is 11.6. The summed E-state index contributed by atoms with van der Waals surface area (Å²) in [6.07, 6.45) is 3.64. The van der Waals surface area contributed by atoms with E-state index in [4.69, 9.17) is 15.2 Å². The summed E-state index contributed by atoms with van der Waals surface area (Å²) in [4.78, 5) is 6.93. The lowest BCUT2D eigenvalue weighted by atomic mass is 9.99. The maximum atomic E-state index is 5.99. The number of rotatable bonds is 7. The molecule has 7 heteroatoms. The summed E-state index contributed by atoms with van der Waals surface area (Å²) >= 11 is 0. The summed E-state index contributed by atoms with van der Waals surface area (Å²) in [7, 11) is 3.25. The minimum Gasteiger partial charge on any atom is -0.497 e. The minimum absolute atomic E-state index is 0. The third-order valence-corrected chi connectivity index (χ3v) is 4.46. The molecule has 1 aromatic rings. The van der Waals surface area contributed by atoms with Gasteiger partial charge in [0.05, 0.1) is 19.9 Å². The highest BCUT2D eigenvalue weighted by molar-refractivity contribution is 14.0. The van der Waals surface area contributed by atoms with Crippen LogP contribution < -0.4 is 20.5 Å².